The molecule has 27 heavy (non-hydrogen) atoms. The number of nitrogens with two attached hydrogens (primary N) is 1. The Hall–Kier alpha value is -2.33. The summed E-state index contributed by atoms with van der Waals surface area (Å²) >= 11 is 0. The number of nitrogens with one attached hydrogen (secondary N) is 1. The summed E-state index contributed by atoms with van der Waals surface area (Å²) in [5.41, 5.74) is 6.25. The van der Waals surface area contributed by atoms with E-state index in [0.29, 0.717) is 30.4 Å². The van der Waals surface area contributed by atoms with E-state index in [1.54, 1.807) is 10.9 Å². The fourth-order valence-corrected chi connectivity index (χ4v) is 3.58. The molecule has 1 aliphatic heterocycles. The molecule has 0 radical (unpaired) electrons. The molecule has 2 aromatic rings. The fraction of sp³-hybridized carbons (Fsp3) is 0.706. The maximum absolute atomic E-state index is 12.3. The molecule has 1 saturated carbocycles. The zero-order valence-corrected chi connectivity index (χ0v) is 15.2. The van der Waals surface area contributed by atoms with Gasteiger partial charge in [-0.3, -0.25) is 4.79 Å². The van der Waals surface area contributed by atoms with Crippen LogP contribution in [0.4, 0.5) is 0 Å². The van der Waals surface area contributed by atoms with Gasteiger partial charge in [-0.05, 0) is 38.5 Å². The third-order valence-electron chi connectivity index (χ3n) is 5.18. The smallest absolute Gasteiger partial charge is 0.273 e. The van der Waals surface area contributed by atoms with Gasteiger partial charge in [0.1, 0.15) is 6.10 Å². The van der Waals surface area contributed by atoms with Gasteiger partial charge in [0.25, 0.3) is 11.8 Å². The molecule has 2 fully saturated rings. The van der Waals surface area contributed by atoms with Gasteiger partial charge in [0.2, 0.25) is 0 Å². The lowest BCUT2D eigenvalue weighted by Gasteiger charge is -2.25. The van der Waals surface area contributed by atoms with Gasteiger partial charge in [0.15, 0.2) is 11.5 Å². The Morgan fingerprint density at radius 1 is 1.30 bits per heavy atom. The molecule has 1 amide bonds. The van der Waals surface area contributed by atoms with Crippen LogP contribution in [-0.2, 0) is 11.2 Å². The van der Waals surface area contributed by atoms with Crippen LogP contribution < -0.4 is 11.1 Å². The van der Waals surface area contributed by atoms with Crippen LogP contribution in [0.2, 0.25) is 0 Å². The molecule has 1 unspecified atom stereocenters. The molecule has 10 nitrogen and oxygen atoms in total. The van der Waals surface area contributed by atoms with Crippen LogP contribution in [0.3, 0.4) is 0 Å². The quantitative estimate of drug-likeness (QED) is 0.761. The summed E-state index contributed by atoms with van der Waals surface area (Å²) < 4.78 is 12.5. The van der Waals surface area contributed by atoms with E-state index in [1.165, 1.54) is 0 Å². The lowest BCUT2D eigenvalue weighted by Crippen LogP contribution is -2.28. The minimum atomic E-state index is -0.253. The van der Waals surface area contributed by atoms with Crippen molar-refractivity contribution in [1.29, 1.82) is 0 Å². The molecular weight excluding hydrogens is 350 g/mol. The monoisotopic (exact) mass is 375 g/mol. The molecule has 3 N–H and O–H groups in total. The first-order valence-electron chi connectivity index (χ1n) is 9.59. The third-order valence-corrected chi connectivity index (χ3v) is 5.18. The number of hydrogen-bond donors (Lipinski definition) is 2. The molecule has 3 heterocycles. The van der Waals surface area contributed by atoms with E-state index in [9.17, 15) is 4.79 Å². The summed E-state index contributed by atoms with van der Waals surface area (Å²) in [6.07, 6.45) is 7.90. The number of rotatable bonds is 6. The predicted molar refractivity (Wildman–Crippen MR) is 93.8 cm³/mol. The van der Waals surface area contributed by atoms with E-state index < -0.39 is 0 Å². The van der Waals surface area contributed by atoms with Gasteiger partial charge in [-0.2, -0.15) is 4.98 Å². The second kappa shape index (κ2) is 8.13. The van der Waals surface area contributed by atoms with Gasteiger partial charge >= 0.3 is 0 Å². The predicted octanol–water partition coefficient (Wildman–Crippen LogP) is 0.927. The largest absolute Gasteiger partial charge is 0.368 e. The standard InChI is InChI=1S/C17H25N7O3/c18-11-3-5-12(6-4-11)24-10-13(21-23-24)16(25)19-8-7-15-20-17(27-22-15)14-2-1-9-26-14/h10-12,14H,1-9,18H2,(H,19,25). The van der Waals surface area contributed by atoms with Crippen molar-refractivity contribution >= 4 is 5.91 Å². The lowest BCUT2D eigenvalue weighted by atomic mass is 9.92. The molecule has 1 saturated heterocycles. The summed E-state index contributed by atoms with van der Waals surface area (Å²) in [4.78, 5) is 16.6. The van der Waals surface area contributed by atoms with Crippen molar-refractivity contribution in [2.45, 2.75) is 63.1 Å². The van der Waals surface area contributed by atoms with Crippen LogP contribution in [0.5, 0.6) is 0 Å². The lowest BCUT2D eigenvalue weighted by molar-refractivity contribution is 0.0835. The van der Waals surface area contributed by atoms with E-state index >= 15 is 0 Å². The van der Waals surface area contributed by atoms with Gasteiger partial charge in [0.05, 0.1) is 12.2 Å². The summed E-state index contributed by atoms with van der Waals surface area (Å²) in [7, 11) is 0. The molecule has 10 heteroatoms. The molecule has 1 atom stereocenters. The minimum Gasteiger partial charge on any atom is -0.368 e. The zero-order chi connectivity index (χ0) is 18.6. The molecule has 0 bridgehead atoms. The number of nitrogens with zero attached hydrogens (tertiary/aromatic N) is 5. The number of aromatic nitrogens is 5. The van der Waals surface area contributed by atoms with Gasteiger partial charge in [-0.1, -0.05) is 10.4 Å². The third kappa shape index (κ3) is 4.33. The Kier molecular flexibility index (Phi) is 5.44. The molecule has 1 aliphatic carbocycles. The highest BCUT2D eigenvalue weighted by Gasteiger charge is 2.24. The van der Waals surface area contributed by atoms with E-state index in [2.05, 4.69) is 25.8 Å². The van der Waals surface area contributed by atoms with E-state index in [1.807, 2.05) is 0 Å². The molecule has 2 aliphatic rings. The van der Waals surface area contributed by atoms with Crippen LogP contribution in [0.15, 0.2) is 10.7 Å². The first kappa shape index (κ1) is 18.1. The maximum Gasteiger partial charge on any atom is 0.273 e. The van der Waals surface area contributed by atoms with Crippen molar-refractivity contribution in [2.75, 3.05) is 13.2 Å². The molecular formula is C17H25N7O3. The van der Waals surface area contributed by atoms with Gasteiger partial charge in [0, 0.05) is 25.6 Å². The van der Waals surface area contributed by atoms with E-state index in [4.69, 9.17) is 15.0 Å². The maximum atomic E-state index is 12.3. The summed E-state index contributed by atoms with van der Waals surface area (Å²) in [5.74, 6) is 0.823. The summed E-state index contributed by atoms with van der Waals surface area (Å²) in [6.45, 7) is 1.13. The second-order valence-electron chi connectivity index (χ2n) is 7.21. The highest BCUT2D eigenvalue weighted by Crippen LogP contribution is 2.27. The van der Waals surface area contributed by atoms with Crippen LogP contribution >= 0.6 is 0 Å². The molecule has 4 rings (SSSR count). The Bertz CT molecular complexity index is 760. The SMILES string of the molecule is NC1CCC(n2cc(C(=O)NCCc3noc(C4CCCO4)n3)nn2)CC1. The summed E-state index contributed by atoms with van der Waals surface area (Å²) in [6, 6.07) is 0.549. The van der Waals surface area contributed by atoms with E-state index in [0.717, 1.165) is 45.1 Å². The van der Waals surface area contributed by atoms with Crippen molar-refractivity contribution in [1.82, 2.24) is 30.5 Å². The Morgan fingerprint density at radius 3 is 2.93 bits per heavy atom. The fourth-order valence-electron chi connectivity index (χ4n) is 3.58. The Labute approximate surface area is 156 Å². The average molecular weight is 375 g/mol. The first-order chi connectivity index (χ1) is 13.2. The van der Waals surface area contributed by atoms with Crippen LogP contribution in [0, 0.1) is 0 Å². The van der Waals surface area contributed by atoms with Gasteiger partial charge < -0.3 is 20.3 Å². The highest BCUT2D eigenvalue weighted by atomic mass is 16.5. The Balaban J connectivity index is 1.25. The van der Waals surface area contributed by atoms with Gasteiger partial charge in [-0.25, -0.2) is 4.68 Å². The van der Waals surface area contributed by atoms with Crippen molar-refractivity contribution in [3.05, 3.63) is 23.6 Å². The topological polar surface area (TPSA) is 134 Å². The molecule has 0 spiro atoms. The first-order valence-corrected chi connectivity index (χ1v) is 9.59. The molecule has 146 valence electrons. The van der Waals surface area contributed by atoms with Gasteiger partial charge in [-0.15, -0.1) is 5.10 Å². The number of hydrogen-bond acceptors (Lipinski definition) is 8. The Morgan fingerprint density at radius 2 is 2.15 bits per heavy atom. The van der Waals surface area contributed by atoms with Crippen LogP contribution in [-0.4, -0.2) is 50.2 Å². The summed E-state index contributed by atoms with van der Waals surface area (Å²) in [5, 5.41) is 14.9. The number of ether oxygens (including phenoxy) is 1. The minimum absolute atomic E-state index is 0.0924. The number of amides is 1. The van der Waals surface area contributed by atoms with Crippen LogP contribution in [0.1, 0.15) is 72.9 Å². The van der Waals surface area contributed by atoms with Crippen molar-refractivity contribution in [2.24, 2.45) is 5.73 Å². The number of carbonyl (C=O) groups is 1. The molecule has 2 aromatic heterocycles. The number of carbonyl (C=O) groups excluding carboxylic acids is 1. The van der Waals surface area contributed by atoms with Crippen molar-refractivity contribution < 1.29 is 14.1 Å². The normalized spacial score (nSPS) is 25.6. The molecule has 0 aromatic carbocycles. The van der Waals surface area contributed by atoms with E-state index in [-0.39, 0.29) is 24.1 Å². The second-order valence-corrected chi connectivity index (χ2v) is 7.21. The zero-order valence-electron chi connectivity index (χ0n) is 15.2. The van der Waals surface area contributed by atoms with Crippen LogP contribution in [0.25, 0.3) is 0 Å². The van der Waals surface area contributed by atoms with Crippen molar-refractivity contribution in [3.8, 4) is 0 Å². The highest BCUT2D eigenvalue weighted by molar-refractivity contribution is 5.91. The average Bonchev–Trinajstić information content (AvgIpc) is 3.43. The van der Waals surface area contributed by atoms with Crippen molar-refractivity contribution in [3.63, 3.8) is 0 Å².